The highest BCUT2D eigenvalue weighted by atomic mass is 32.2. The molecule has 0 aromatic carbocycles. The van der Waals surface area contributed by atoms with Gasteiger partial charge in [0.1, 0.15) is 6.04 Å². The van der Waals surface area contributed by atoms with Gasteiger partial charge in [0.25, 0.3) is 0 Å². The van der Waals surface area contributed by atoms with E-state index in [0.29, 0.717) is 24.4 Å². The lowest BCUT2D eigenvalue weighted by atomic mass is 10.1. The number of hydrogen-bond donors (Lipinski definition) is 1. The van der Waals surface area contributed by atoms with Crippen molar-refractivity contribution >= 4 is 23.6 Å². The summed E-state index contributed by atoms with van der Waals surface area (Å²) in [5.74, 6) is 1.80. The third-order valence-electron chi connectivity index (χ3n) is 5.14. The standard InChI is InChI=1S/C16H27N3O2S/c1-2-3-4-15(20)18-11-22-10-14(18)16(21)19-12-5-6-13(19)9-17-8-7-12/h12-14,17H,2-11H2,1H3. The van der Waals surface area contributed by atoms with E-state index in [1.807, 2.05) is 4.90 Å². The summed E-state index contributed by atoms with van der Waals surface area (Å²) in [5, 5.41) is 3.44. The molecule has 2 amide bonds. The fourth-order valence-electron chi connectivity index (χ4n) is 3.88. The molecule has 0 aliphatic carbocycles. The van der Waals surface area contributed by atoms with Crippen molar-refractivity contribution in [3.63, 3.8) is 0 Å². The van der Waals surface area contributed by atoms with Crippen molar-refractivity contribution in [3.8, 4) is 0 Å². The van der Waals surface area contributed by atoms with E-state index >= 15 is 0 Å². The van der Waals surface area contributed by atoms with E-state index in [2.05, 4.69) is 17.1 Å². The minimum atomic E-state index is -0.226. The predicted molar refractivity (Wildman–Crippen MR) is 88.6 cm³/mol. The lowest BCUT2D eigenvalue weighted by molar-refractivity contribution is -0.145. The minimum absolute atomic E-state index is 0.158. The first-order valence-corrected chi connectivity index (χ1v) is 9.78. The van der Waals surface area contributed by atoms with Gasteiger partial charge in [-0.05, 0) is 32.2 Å². The molecule has 0 aromatic rings. The Morgan fingerprint density at radius 1 is 1.23 bits per heavy atom. The van der Waals surface area contributed by atoms with Crippen LogP contribution >= 0.6 is 11.8 Å². The Morgan fingerprint density at radius 3 is 2.86 bits per heavy atom. The first kappa shape index (κ1) is 16.1. The van der Waals surface area contributed by atoms with Crippen LogP contribution in [0.5, 0.6) is 0 Å². The topological polar surface area (TPSA) is 52.7 Å². The molecule has 3 heterocycles. The molecule has 3 fully saturated rings. The summed E-state index contributed by atoms with van der Waals surface area (Å²) in [5.41, 5.74) is 0. The average Bonchev–Trinajstić information content (AvgIpc) is 3.08. The predicted octanol–water partition coefficient (Wildman–Crippen LogP) is 1.43. The lowest BCUT2D eigenvalue weighted by Gasteiger charge is -2.33. The Bertz CT molecular complexity index is 418. The van der Waals surface area contributed by atoms with E-state index in [4.69, 9.17) is 0 Å². The summed E-state index contributed by atoms with van der Waals surface area (Å²) in [7, 11) is 0. The molecule has 0 spiro atoms. The maximum absolute atomic E-state index is 13.1. The molecule has 0 aromatic heterocycles. The SMILES string of the molecule is CCCCC(=O)N1CSCC1C(=O)N1C2CCNCC1CC2. The number of hydrogen-bond acceptors (Lipinski definition) is 4. The van der Waals surface area contributed by atoms with E-state index in [1.54, 1.807) is 11.8 Å². The molecule has 0 saturated carbocycles. The van der Waals surface area contributed by atoms with Crippen molar-refractivity contribution in [3.05, 3.63) is 0 Å². The maximum Gasteiger partial charge on any atom is 0.246 e. The Morgan fingerprint density at radius 2 is 2.05 bits per heavy atom. The van der Waals surface area contributed by atoms with Gasteiger partial charge >= 0.3 is 0 Å². The van der Waals surface area contributed by atoms with Gasteiger partial charge in [-0.2, -0.15) is 0 Å². The average molecular weight is 325 g/mol. The third-order valence-corrected chi connectivity index (χ3v) is 6.15. The zero-order chi connectivity index (χ0) is 15.5. The molecule has 3 saturated heterocycles. The van der Waals surface area contributed by atoms with Crippen molar-refractivity contribution in [1.82, 2.24) is 15.1 Å². The van der Waals surface area contributed by atoms with Gasteiger partial charge < -0.3 is 15.1 Å². The number of unbranched alkanes of at least 4 members (excludes halogenated alkanes) is 1. The smallest absolute Gasteiger partial charge is 0.246 e. The van der Waals surface area contributed by atoms with Crippen LogP contribution in [0.15, 0.2) is 0 Å². The summed E-state index contributed by atoms with van der Waals surface area (Å²) >= 11 is 1.71. The summed E-state index contributed by atoms with van der Waals surface area (Å²) in [6.07, 6.45) is 5.79. The Hall–Kier alpha value is -0.750. The monoisotopic (exact) mass is 325 g/mol. The second kappa shape index (κ2) is 7.21. The number of carbonyl (C=O) groups is 2. The van der Waals surface area contributed by atoms with Crippen LogP contribution in [-0.2, 0) is 9.59 Å². The zero-order valence-corrected chi connectivity index (χ0v) is 14.2. The largest absolute Gasteiger partial charge is 0.334 e. The molecule has 3 aliphatic rings. The number of carbonyl (C=O) groups excluding carboxylic acids is 2. The minimum Gasteiger partial charge on any atom is -0.334 e. The molecule has 22 heavy (non-hydrogen) atoms. The number of nitrogens with one attached hydrogen (secondary N) is 1. The third kappa shape index (κ3) is 3.13. The Balaban J connectivity index is 1.69. The molecular weight excluding hydrogens is 298 g/mol. The van der Waals surface area contributed by atoms with Gasteiger partial charge in [-0.25, -0.2) is 0 Å². The zero-order valence-electron chi connectivity index (χ0n) is 13.4. The van der Waals surface area contributed by atoms with Gasteiger partial charge in [-0.1, -0.05) is 13.3 Å². The van der Waals surface area contributed by atoms with Gasteiger partial charge in [0.15, 0.2) is 0 Å². The van der Waals surface area contributed by atoms with Crippen LogP contribution in [0.1, 0.15) is 45.4 Å². The highest BCUT2D eigenvalue weighted by Crippen LogP contribution is 2.32. The van der Waals surface area contributed by atoms with Crippen molar-refractivity contribution in [1.29, 1.82) is 0 Å². The number of thioether (sulfide) groups is 1. The summed E-state index contributed by atoms with van der Waals surface area (Å²) in [6.45, 7) is 4.01. The summed E-state index contributed by atoms with van der Waals surface area (Å²) in [4.78, 5) is 29.4. The van der Waals surface area contributed by atoms with Crippen LogP contribution in [0, 0.1) is 0 Å². The quantitative estimate of drug-likeness (QED) is 0.850. The first-order valence-electron chi connectivity index (χ1n) is 8.62. The van der Waals surface area contributed by atoms with Crippen LogP contribution in [0.2, 0.25) is 0 Å². The van der Waals surface area contributed by atoms with Crippen LogP contribution in [0.25, 0.3) is 0 Å². The van der Waals surface area contributed by atoms with Crippen LogP contribution in [0.4, 0.5) is 0 Å². The molecule has 1 N–H and O–H groups in total. The van der Waals surface area contributed by atoms with Crippen LogP contribution in [0.3, 0.4) is 0 Å². The normalized spacial score (nSPS) is 31.4. The second-order valence-electron chi connectivity index (χ2n) is 6.61. The first-order chi connectivity index (χ1) is 10.7. The molecule has 124 valence electrons. The van der Waals surface area contributed by atoms with Crippen molar-refractivity contribution in [2.45, 2.75) is 63.6 Å². The summed E-state index contributed by atoms with van der Waals surface area (Å²) < 4.78 is 0. The molecule has 3 aliphatic heterocycles. The highest BCUT2D eigenvalue weighted by molar-refractivity contribution is 7.99. The van der Waals surface area contributed by atoms with Crippen molar-refractivity contribution in [2.75, 3.05) is 24.7 Å². The number of rotatable bonds is 4. The van der Waals surface area contributed by atoms with Gasteiger partial charge in [0, 0.05) is 30.8 Å². The fraction of sp³-hybridized carbons (Fsp3) is 0.875. The van der Waals surface area contributed by atoms with Gasteiger partial charge in [0.05, 0.1) is 5.88 Å². The Kier molecular flexibility index (Phi) is 5.29. The lowest BCUT2D eigenvalue weighted by Crippen LogP contribution is -2.53. The number of fused-ring (bicyclic) bond motifs is 2. The maximum atomic E-state index is 13.1. The van der Waals surface area contributed by atoms with E-state index in [9.17, 15) is 9.59 Å². The molecule has 3 atom stereocenters. The highest BCUT2D eigenvalue weighted by Gasteiger charge is 2.44. The molecule has 2 bridgehead atoms. The molecule has 6 heteroatoms. The van der Waals surface area contributed by atoms with Crippen molar-refractivity contribution < 1.29 is 9.59 Å². The van der Waals surface area contributed by atoms with Gasteiger partial charge in [0.2, 0.25) is 11.8 Å². The molecule has 3 rings (SSSR count). The van der Waals surface area contributed by atoms with Crippen LogP contribution < -0.4 is 5.32 Å². The van der Waals surface area contributed by atoms with E-state index in [1.165, 1.54) is 0 Å². The molecular formula is C16H27N3O2S. The van der Waals surface area contributed by atoms with Gasteiger partial charge in [-0.15, -0.1) is 11.8 Å². The Labute approximate surface area is 137 Å². The molecule has 0 radical (unpaired) electrons. The van der Waals surface area contributed by atoms with Crippen molar-refractivity contribution in [2.24, 2.45) is 0 Å². The van der Waals surface area contributed by atoms with Crippen LogP contribution in [-0.4, -0.2) is 64.5 Å². The number of amides is 2. The summed E-state index contributed by atoms with van der Waals surface area (Å²) in [6, 6.07) is 0.486. The fourth-order valence-corrected chi connectivity index (χ4v) is 5.05. The molecule has 3 unspecified atom stereocenters. The van der Waals surface area contributed by atoms with E-state index in [-0.39, 0.29) is 17.9 Å². The second-order valence-corrected chi connectivity index (χ2v) is 7.61. The molecule has 5 nitrogen and oxygen atoms in total. The van der Waals surface area contributed by atoms with E-state index in [0.717, 1.165) is 50.9 Å². The number of nitrogens with zero attached hydrogens (tertiary/aromatic N) is 2. The van der Waals surface area contributed by atoms with E-state index < -0.39 is 0 Å². The van der Waals surface area contributed by atoms with Gasteiger partial charge in [-0.3, -0.25) is 9.59 Å².